The predicted octanol–water partition coefficient (Wildman–Crippen LogP) is 3.53. The number of carbonyl (C=O) groups is 1. The van der Waals surface area contributed by atoms with Crippen LogP contribution in [0.4, 0.5) is 0 Å². The number of ether oxygens (including phenoxy) is 1. The maximum absolute atomic E-state index is 11.4. The van der Waals surface area contributed by atoms with Gasteiger partial charge >= 0.3 is 5.97 Å². The number of halogens is 1. The summed E-state index contributed by atoms with van der Waals surface area (Å²) in [6.45, 7) is 7.75. The molecule has 1 unspecified atom stereocenters. The van der Waals surface area contributed by atoms with E-state index >= 15 is 0 Å². The summed E-state index contributed by atoms with van der Waals surface area (Å²) < 4.78 is 5.30. The van der Waals surface area contributed by atoms with Crippen molar-refractivity contribution in [2.75, 3.05) is 0 Å². The Bertz CT molecular complexity index is 161. The molecule has 0 aromatic heterocycles. The summed E-state index contributed by atoms with van der Waals surface area (Å²) in [5, 5.41) is 0. The molecule has 0 aliphatic carbocycles. The average molecular weight is 298 g/mol. The first-order valence-electron chi connectivity index (χ1n) is 4.73. The van der Waals surface area contributed by atoms with Crippen LogP contribution in [0, 0.1) is 5.41 Å². The Labute approximate surface area is 94.6 Å². The number of hydrogen-bond donors (Lipinski definition) is 0. The minimum absolute atomic E-state index is 0.0317. The summed E-state index contributed by atoms with van der Waals surface area (Å²) in [5.41, 5.74) is -0.379. The van der Waals surface area contributed by atoms with Gasteiger partial charge in [0.25, 0.3) is 0 Å². The third-order valence-electron chi connectivity index (χ3n) is 1.63. The molecule has 3 heteroatoms. The fourth-order valence-electron chi connectivity index (χ4n) is 0.716. The van der Waals surface area contributed by atoms with Crippen LogP contribution >= 0.6 is 22.6 Å². The predicted molar refractivity (Wildman–Crippen MR) is 62.9 cm³/mol. The number of rotatable bonds is 4. The zero-order valence-corrected chi connectivity index (χ0v) is 11.1. The van der Waals surface area contributed by atoms with Crippen LogP contribution in [0.1, 0.15) is 47.0 Å². The highest BCUT2D eigenvalue weighted by molar-refractivity contribution is 14.1. The van der Waals surface area contributed by atoms with Crippen molar-refractivity contribution in [1.29, 1.82) is 0 Å². The van der Waals surface area contributed by atoms with Crippen LogP contribution in [0.25, 0.3) is 0 Å². The van der Waals surface area contributed by atoms with Crippen LogP contribution in [0.2, 0.25) is 0 Å². The van der Waals surface area contributed by atoms with Crippen LogP contribution in [-0.4, -0.2) is 10.1 Å². The Morgan fingerprint density at radius 1 is 1.46 bits per heavy atom. The molecule has 0 aliphatic rings. The summed E-state index contributed by atoms with van der Waals surface area (Å²) >= 11 is 2.18. The number of hydrogen-bond acceptors (Lipinski definition) is 2. The molecular weight excluding hydrogens is 279 g/mol. The van der Waals surface area contributed by atoms with Gasteiger partial charge in [0, 0.05) is 0 Å². The van der Waals surface area contributed by atoms with Crippen LogP contribution in [0.15, 0.2) is 0 Å². The van der Waals surface area contributed by atoms with E-state index in [4.69, 9.17) is 4.74 Å². The van der Waals surface area contributed by atoms with Gasteiger partial charge in [0.05, 0.1) is 5.41 Å². The van der Waals surface area contributed by atoms with Crippen molar-refractivity contribution in [1.82, 2.24) is 0 Å². The summed E-state index contributed by atoms with van der Waals surface area (Å²) in [5.74, 6) is -0.108. The maximum Gasteiger partial charge on any atom is 0.312 e. The molecule has 0 aromatic carbocycles. The standard InChI is InChI=1S/C10H19IO2/c1-5-6-7-8(11)13-9(12)10(2,3)4/h8H,5-7H2,1-4H3. The largest absolute Gasteiger partial charge is 0.451 e. The number of alkyl halides is 1. The van der Waals surface area contributed by atoms with E-state index in [-0.39, 0.29) is 15.5 Å². The van der Waals surface area contributed by atoms with Gasteiger partial charge in [-0.25, -0.2) is 0 Å². The third-order valence-corrected chi connectivity index (χ3v) is 2.51. The number of esters is 1. The quantitative estimate of drug-likeness (QED) is 0.451. The molecule has 0 aliphatic heterocycles. The molecule has 0 rings (SSSR count). The summed E-state index contributed by atoms with van der Waals surface area (Å²) in [7, 11) is 0. The van der Waals surface area contributed by atoms with Gasteiger partial charge in [-0.2, -0.15) is 0 Å². The third kappa shape index (κ3) is 6.29. The van der Waals surface area contributed by atoms with Gasteiger partial charge in [-0.15, -0.1) is 0 Å². The molecule has 0 radical (unpaired) electrons. The summed E-state index contributed by atoms with van der Waals surface area (Å²) in [6.07, 6.45) is 3.22. The van der Waals surface area contributed by atoms with E-state index in [1.54, 1.807) is 0 Å². The molecule has 0 fully saturated rings. The van der Waals surface area contributed by atoms with Crippen molar-refractivity contribution in [2.24, 2.45) is 5.41 Å². The van der Waals surface area contributed by atoms with E-state index in [9.17, 15) is 4.79 Å². The SMILES string of the molecule is CCCCC(I)OC(=O)C(C)(C)C. The second-order valence-electron chi connectivity index (χ2n) is 4.21. The topological polar surface area (TPSA) is 26.3 Å². The molecule has 0 aromatic rings. The molecule has 0 amide bonds. The van der Waals surface area contributed by atoms with Crippen LogP contribution < -0.4 is 0 Å². The zero-order valence-electron chi connectivity index (χ0n) is 8.89. The molecule has 78 valence electrons. The smallest absolute Gasteiger partial charge is 0.312 e. The number of unbranched alkanes of at least 4 members (excludes halogenated alkanes) is 1. The van der Waals surface area contributed by atoms with E-state index in [1.165, 1.54) is 0 Å². The minimum atomic E-state index is -0.379. The fraction of sp³-hybridized carbons (Fsp3) is 0.900. The van der Waals surface area contributed by atoms with E-state index in [2.05, 4.69) is 29.5 Å². The normalized spacial score (nSPS) is 13.9. The van der Waals surface area contributed by atoms with Crippen LogP contribution in [0.5, 0.6) is 0 Å². The lowest BCUT2D eigenvalue weighted by Crippen LogP contribution is -2.25. The highest BCUT2D eigenvalue weighted by Gasteiger charge is 2.24. The molecule has 0 bridgehead atoms. The highest BCUT2D eigenvalue weighted by Crippen LogP contribution is 2.20. The van der Waals surface area contributed by atoms with Gasteiger partial charge in [-0.05, 0) is 56.2 Å². The molecule has 1 atom stereocenters. The van der Waals surface area contributed by atoms with Gasteiger partial charge in [0.15, 0.2) is 4.11 Å². The maximum atomic E-state index is 11.4. The van der Waals surface area contributed by atoms with Crippen molar-refractivity contribution in [3.8, 4) is 0 Å². The van der Waals surface area contributed by atoms with Gasteiger partial charge in [0.2, 0.25) is 0 Å². The van der Waals surface area contributed by atoms with Crippen molar-refractivity contribution < 1.29 is 9.53 Å². The van der Waals surface area contributed by atoms with E-state index < -0.39 is 0 Å². The first-order valence-corrected chi connectivity index (χ1v) is 5.97. The summed E-state index contributed by atoms with van der Waals surface area (Å²) in [6, 6.07) is 0. The molecular formula is C10H19IO2. The second kappa shape index (κ2) is 5.83. The van der Waals surface area contributed by atoms with Gasteiger partial charge in [-0.3, -0.25) is 4.79 Å². The Morgan fingerprint density at radius 3 is 2.38 bits per heavy atom. The fourth-order valence-corrected chi connectivity index (χ4v) is 1.39. The zero-order chi connectivity index (χ0) is 10.5. The van der Waals surface area contributed by atoms with Gasteiger partial charge in [0.1, 0.15) is 0 Å². The van der Waals surface area contributed by atoms with Crippen molar-refractivity contribution >= 4 is 28.6 Å². The minimum Gasteiger partial charge on any atom is -0.451 e. The summed E-state index contributed by atoms with van der Waals surface area (Å²) in [4.78, 5) is 11.4. The van der Waals surface area contributed by atoms with Gasteiger partial charge < -0.3 is 4.74 Å². The van der Waals surface area contributed by atoms with Crippen molar-refractivity contribution in [3.63, 3.8) is 0 Å². The molecule has 0 saturated carbocycles. The monoisotopic (exact) mass is 298 g/mol. The molecule has 13 heavy (non-hydrogen) atoms. The molecule has 0 saturated heterocycles. The lowest BCUT2D eigenvalue weighted by molar-refractivity contribution is -0.153. The first kappa shape index (κ1) is 13.2. The Hall–Kier alpha value is 0.200. The lowest BCUT2D eigenvalue weighted by atomic mass is 9.97. The van der Waals surface area contributed by atoms with Crippen molar-refractivity contribution in [2.45, 2.75) is 51.1 Å². The highest BCUT2D eigenvalue weighted by atomic mass is 127. The lowest BCUT2D eigenvalue weighted by Gasteiger charge is -2.19. The Balaban J connectivity index is 3.79. The molecule has 2 nitrogen and oxygen atoms in total. The molecule has 0 heterocycles. The van der Waals surface area contributed by atoms with E-state index in [0.29, 0.717) is 0 Å². The second-order valence-corrected chi connectivity index (χ2v) is 5.60. The average Bonchev–Trinajstić information content (AvgIpc) is 1.99. The van der Waals surface area contributed by atoms with E-state index in [1.807, 2.05) is 20.8 Å². The van der Waals surface area contributed by atoms with E-state index in [0.717, 1.165) is 19.3 Å². The van der Waals surface area contributed by atoms with Crippen LogP contribution in [-0.2, 0) is 9.53 Å². The molecule has 0 spiro atoms. The molecule has 0 N–H and O–H groups in total. The Morgan fingerprint density at radius 2 is 2.00 bits per heavy atom. The van der Waals surface area contributed by atoms with Crippen molar-refractivity contribution in [3.05, 3.63) is 0 Å². The number of carbonyl (C=O) groups excluding carboxylic acids is 1. The first-order chi connectivity index (χ1) is 5.88. The van der Waals surface area contributed by atoms with Crippen LogP contribution in [0.3, 0.4) is 0 Å². The Kier molecular flexibility index (Phi) is 5.92. The van der Waals surface area contributed by atoms with Gasteiger partial charge in [-0.1, -0.05) is 13.3 Å².